The number of nitro benzene ring substituents is 1. The molecule has 0 aromatic heterocycles. The highest BCUT2D eigenvalue weighted by Gasteiger charge is 2.26. The molecule has 0 amide bonds. The smallest absolute Gasteiger partial charge is 0.279 e. The van der Waals surface area contributed by atoms with E-state index in [-0.39, 0.29) is 17.1 Å². The maximum Gasteiger partial charge on any atom is 0.279 e. The molecule has 0 bridgehead atoms. The molecule has 0 aliphatic carbocycles. The Hall–Kier alpha value is -1.37. The van der Waals surface area contributed by atoms with Crippen molar-refractivity contribution in [1.29, 1.82) is 0 Å². The van der Waals surface area contributed by atoms with E-state index in [0.717, 1.165) is 0 Å². The van der Waals surface area contributed by atoms with Gasteiger partial charge in [0.1, 0.15) is 11.9 Å². The van der Waals surface area contributed by atoms with E-state index in [1.54, 1.807) is 0 Å². The average Bonchev–Trinajstić information content (AvgIpc) is 2.35. The van der Waals surface area contributed by atoms with E-state index < -0.39 is 17.1 Å². The zero-order valence-electron chi connectivity index (χ0n) is 9.04. The first-order chi connectivity index (χ1) is 8.01. The van der Waals surface area contributed by atoms with Gasteiger partial charge in [-0.25, -0.2) is 0 Å². The van der Waals surface area contributed by atoms with E-state index in [1.165, 1.54) is 25.3 Å². The molecule has 2 atom stereocenters. The van der Waals surface area contributed by atoms with E-state index in [4.69, 9.17) is 16.3 Å². The number of nitro groups is 1. The van der Waals surface area contributed by atoms with Gasteiger partial charge in [0.25, 0.3) is 5.69 Å². The molecule has 7 heteroatoms. The number of aliphatic hydroxyl groups is 2. The molecule has 0 saturated carbocycles. The number of halogens is 1. The molecule has 6 nitrogen and oxygen atoms in total. The van der Waals surface area contributed by atoms with Crippen LogP contribution in [-0.4, -0.2) is 34.2 Å². The molecular weight excluding hydrogens is 250 g/mol. The van der Waals surface area contributed by atoms with E-state index >= 15 is 0 Å². The molecule has 0 saturated heterocycles. The van der Waals surface area contributed by atoms with Crippen molar-refractivity contribution in [3.63, 3.8) is 0 Å². The van der Waals surface area contributed by atoms with Crippen LogP contribution in [-0.2, 0) is 0 Å². The number of rotatable bonds is 5. The second-order valence-corrected chi connectivity index (χ2v) is 3.66. The Morgan fingerprint density at radius 2 is 2.18 bits per heavy atom. The summed E-state index contributed by atoms with van der Waals surface area (Å²) < 4.78 is 4.85. The summed E-state index contributed by atoms with van der Waals surface area (Å²) >= 11 is 5.38. The molecule has 0 aliphatic rings. The Morgan fingerprint density at radius 1 is 1.53 bits per heavy atom. The highest BCUT2D eigenvalue weighted by molar-refractivity contribution is 6.18. The van der Waals surface area contributed by atoms with Gasteiger partial charge in [0.15, 0.2) is 0 Å². The highest BCUT2D eigenvalue weighted by Crippen LogP contribution is 2.31. The summed E-state index contributed by atoms with van der Waals surface area (Å²) in [4.78, 5) is 10.2. The second kappa shape index (κ2) is 5.81. The quantitative estimate of drug-likeness (QED) is 0.472. The Labute approximate surface area is 103 Å². The first-order valence-corrected chi connectivity index (χ1v) is 5.29. The van der Waals surface area contributed by atoms with Crippen LogP contribution < -0.4 is 4.74 Å². The van der Waals surface area contributed by atoms with E-state index in [9.17, 15) is 20.3 Å². The number of hydrogen-bond donors (Lipinski definition) is 2. The van der Waals surface area contributed by atoms with Gasteiger partial charge in [-0.15, -0.1) is 11.6 Å². The fraction of sp³-hybridized carbons (Fsp3) is 0.400. The van der Waals surface area contributed by atoms with Crippen LogP contribution in [0.3, 0.4) is 0 Å². The van der Waals surface area contributed by atoms with E-state index in [2.05, 4.69) is 0 Å². The summed E-state index contributed by atoms with van der Waals surface area (Å²) in [5.74, 6) is 0.0812. The molecule has 2 N–H and O–H groups in total. The number of methoxy groups -OCH3 is 1. The molecule has 0 aliphatic heterocycles. The van der Waals surface area contributed by atoms with Crippen molar-refractivity contribution in [2.24, 2.45) is 0 Å². The lowest BCUT2D eigenvalue weighted by Gasteiger charge is -2.16. The van der Waals surface area contributed by atoms with E-state index in [0.29, 0.717) is 5.75 Å². The van der Waals surface area contributed by atoms with Crippen molar-refractivity contribution in [1.82, 2.24) is 0 Å². The minimum absolute atomic E-state index is 0.00366. The van der Waals surface area contributed by atoms with Crippen molar-refractivity contribution in [3.8, 4) is 5.75 Å². The number of hydrogen-bond acceptors (Lipinski definition) is 5. The van der Waals surface area contributed by atoms with Crippen LogP contribution >= 0.6 is 11.6 Å². The summed E-state index contributed by atoms with van der Waals surface area (Å²) in [6.07, 6.45) is -2.66. The van der Waals surface area contributed by atoms with Crippen LogP contribution in [0.2, 0.25) is 0 Å². The van der Waals surface area contributed by atoms with Gasteiger partial charge in [0.2, 0.25) is 0 Å². The summed E-state index contributed by atoms with van der Waals surface area (Å²) in [5.41, 5.74) is -0.315. The van der Waals surface area contributed by atoms with Crippen LogP contribution in [0.1, 0.15) is 11.7 Å². The van der Waals surface area contributed by atoms with Crippen molar-refractivity contribution in [2.75, 3.05) is 13.0 Å². The minimum Gasteiger partial charge on any atom is -0.497 e. The van der Waals surface area contributed by atoms with Gasteiger partial charge in [-0.2, -0.15) is 0 Å². The predicted octanol–water partition coefficient (Wildman–Crippen LogP) is 1.24. The Morgan fingerprint density at radius 3 is 2.65 bits per heavy atom. The van der Waals surface area contributed by atoms with Crippen molar-refractivity contribution < 1.29 is 19.9 Å². The molecule has 0 fully saturated rings. The number of benzene rings is 1. The molecule has 0 heterocycles. The van der Waals surface area contributed by atoms with Gasteiger partial charge in [-0.1, -0.05) is 0 Å². The van der Waals surface area contributed by atoms with Crippen LogP contribution in [0.4, 0.5) is 5.69 Å². The van der Waals surface area contributed by atoms with Crippen LogP contribution in [0.5, 0.6) is 5.75 Å². The third-order valence-electron chi connectivity index (χ3n) is 2.28. The largest absolute Gasteiger partial charge is 0.497 e. The fourth-order valence-corrected chi connectivity index (χ4v) is 1.52. The standard InChI is InChI=1S/C10H12ClNO5/c1-17-6-2-3-7(8(4-6)12(15)16)10(14)9(13)5-11/h2-4,9-10,13-14H,5H2,1H3. The molecule has 17 heavy (non-hydrogen) atoms. The topological polar surface area (TPSA) is 92.8 Å². The first-order valence-electron chi connectivity index (χ1n) is 4.75. The average molecular weight is 262 g/mol. The summed E-state index contributed by atoms with van der Waals surface area (Å²) in [6, 6.07) is 3.98. The first kappa shape index (κ1) is 13.7. The summed E-state index contributed by atoms with van der Waals surface area (Å²) in [5, 5.41) is 29.9. The second-order valence-electron chi connectivity index (χ2n) is 3.35. The SMILES string of the molecule is COc1ccc(C(O)C(O)CCl)c([N+](=O)[O-])c1. The molecule has 2 unspecified atom stereocenters. The zero-order chi connectivity index (χ0) is 13.0. The summed E-state index contributed by atoms with van der Waals surface area (Å²) in [6.45, 7) is 0. The fourth-order valence-electron chi connectivity index (χ4n) is 1.35. The van der Waals surface area contributed by atoms with Gasteiger partial charge < -0.3 is 14.9 Å². The van der Waals surface area contributed by atoms with Gasteiger partial charge in [0, 0.05) is 0 Å². The highest BCUT2D eigenvalue weighted by atomic mass is 35.5. The zero-order valence-corrected chi connectivity index (χ0v) is 9.79. The van der Waals surface area contributed by atoms with Crippen molar-refractivity contribution in [2.45, 2.75) is 12.2 Å². The normalized spacial score (nSPS) is 14.1. The number of aliphatic hydroxyl groups excluding tert-OH is 2. The monoisotopic (exact) mass is 261 g/mol. The number of ether oxygens (including phenoxy) is 1. The number of nitrogens with zero attached hydrogens (tertiary/aromatic N) is 1. The van der Waals surface area contributed by atoms with Crippen molar-refractivity contribution in [3.05, 3.63) is 33.9 Å². The van der Waals surface area contributed by atoms with E-state index in [1.807, 2.05) is 0 Å². The molecule has 94 valence electrons. The molecule has 1 rings (SSSR count). The summed E-state index contributed by atoms with van der Waals surface area (Å²) in [7, 11) is 1.38. The van der Waals surface area contributed by atoms with Gasteiger partial charge in [0.05, 0.1) is 35.6 Å². The van der Waals surface area contributed by atoms with Crippen LogP contribution in [0.25, 0.3) is 0 Å². The lowest BCUT2D eigenvalue weighted by Crippen LogP contribution is -2.20. The predicted molar refractivity (Wildman–Crippen MR) is 61.3 cm³/mol. The van der Waals surface area contributed by atoms with Crippen molar-refractivity contribution >= 4 is 17.3 Å². The molecular formula is C10H12ClNO5. The maximum absolute atomic E-state index is 10.8. The molecule has 1 aromatic carbocycles. The lowest BCUT2D eigenvalue weighted by atomic mass is 10.0. The van der Waals surface area contributed by atoms with Crippen LogP contribution in [0, 0.1) is 10.1 Å². The van der Waals surface area contributed by atoms with Crippen LogP contribution in [0.15, 0.2) is 18.2 Å². The minimum atomic E-state index is -1.40. The molecule has 1 aromatic rings. The number of alkyl halides is 1. The Bertz CT molecular complexity index is 412. The maximum atomic E-state index is 10.8. The Kier molecular flexibility index (Phi) is 4.68. The molecule has 0 spiro atoms. The molecule has 0 radical (unpaired) electrons. The van der Waals surface area contributed by atoms with Gasteiger partial charge in [-0.05, 0) is 12.1 Å². The Balaban J connectivity index is 3.18. The third-order valence-corrected chi connectivity index (χ3v) is 2.59. The van der Waals surface area contributed by atoms with Gasteiger partial charge in [-0.3, -0.25) is 10.1 Å². The third kappa shape index (κ3) is 3.06. The van der Waals surface area contributed by atoms with Gasteiger partial charge >= 0.3 is 0 Å². The lowest BCUT2D eigenvalue weighted by molar-refractivity contribution is -0.386.